The van der Waals surface area contributed by atoms with Crippen molar-refractivity contribution in [1.82, 2.24) is 9.55 Å². The maximum Gasteiger partial charge on any atom is 0.133 e. The first kappa shape index (κ1) is 13.1. The van der Waals surface area contributed by atoms with Crippen LogP contribution in [0.1, 0.15) is 19.2 Å². The largest absolute Gasteiger partial charge is 0.383 e. The first-order chi connectivity index (χ1) is 8.54. The fraction of sp³-hybridized carbons (Fsp3) is 0.308. The molecule has 0 aliphatic carbocycles. The van der Waals surface area contributed by atoms with E-state index in [1.807, 2.05) is 11.5 Å². The highest BCUT2D eigenvalue weighted by Crippen LogP contribution is 2.30. The molecule has 0 amide bonds. The molecule has 0 atom stereocenters. The van der Waals surface area contributed by atoms with Gasteiger partial charge < -0.3 is 10.3 Å². The van der Waals surface area contributed by atoms with E-state index in [1.54, 1.807) is 12.1 Å². The van der Waals surface area contributed by atoms with Gasteiger partial charge in [0.25, 0.3) is 0 Å². The van der Waals surface area contributed by atoms with E-state index in [4.69, 9.17) is 5.73 Å². The number of imidazole rings is 1. The maximum atomic E-state index is 13.9. The second kappa shape index (κ2) is 5.10. The summed E-state index contributed by atoms with van der Waals surface area (Å²) in [5.41, 5.74) is 7.01. The van der Waals surface area contributed by atoms with Gasteiger partial charge in [0.15, 0.2) is 0 Å². The molecular weight excluding hydrogens is 297 g/mol. The van der Waals surface area contributed by atoms with Gasteiger partial charge in [-0.1, -0.05) is 22.9 Å². The lowest BCUT2D eigenvalue weighted by atomic mass is 10.1. The van der Waals surface area contributed by atoms with Crippen LogP contribution in [0.5, 0.6) is 0 Å². The highest BCUT2D eigenvalue weighted by molar-refractivity contribution is 9.10. The van der Waals surface area contributed by atoms with Gasteiger partial charge in [-0.25, -0.2) is 9.37 Å². The zero-order valence-corrected chi connectivity index (χ0v) is 12.0. The number of nitrogen functional groups attached to an aromatic ring is 1. The maximum absolute atomic E-state index is 13.9. The summed E-state index contributed by atoms with van der Waals surface area (Å²) in [6, 6.07) is 4.89. The number of anilines is 1. The smallest absolute Gasteiger partial charge is 0.133 e. The number of halogens is 2. The Kier molecular flexibility index (Phi) is 3.71. The topological polar surface area (TPSA) is 43.8 Å². The summed E-state index contributed by atoms with van der Waals surface area (Å²) in [6.45, 7) is 4.74. The Morgan fingerprint density at radius 2 is 2.17 bits per heavy atom. The molecule has 1 heterocycles. The van der Waals surface area contributed by atoms with Crippen molar-refractivity contribution in [3.63, 3.8) is 0 Å². The molecule has 96 valence electrons. The summed E-state index contributed by atoms with van der Waals surface area (Å²) in [4.78, 5) is 4.37. The lowest BCUT2D eigenvalue weighted by molar-refractivity contribution is 0.630. The lowest BCUT2D eigenvalue weighted by Gasteiger charge is -2.06. The van der Waals surface area contributed by atoms with Gasteiger partial charge in [0, 0.05) is 16.6 Å². The van der Waals surface area contributed by atoms with Crippen molar-refractivity contribution in [2.24, 2.45) is 0 Å². The van der Waals surface area contributed by atoms with Gasteiger partial charge in [-0.05, 0) is 31.5 Å². The van der Waals surface area contributed by atoms with Gasteiger partial charge >= 0.3 is 0 Å². The van der Waals surface area contributed by atoms with Crippen molar-refractivity contribution >= 4 is 21.7 Å². The van der Waals surface area contributed by atoms with E-state index in [2.05, 4.69) is 27.8 Å². The van der Waals surface area contributed by atoms with E-state index < -0.39 is 0 Å². The number of hydrogen-bond acceptors (Lipinski definition) is 2. The zero-order chi connectivity index (χ0) is 13.3. The van der Waals surface area contributed by atoms with E-state index in [0.29, 0.717) is 21.5 Å². The molecule has 0 saturated carbocycles. The molecule has 0 unspecified atom stereocenters. The Hall–Kier alpha value is -1.36. The number of aromatic nitrogens is 2. The van der Waals surface area contributed by atoms with Gasteiger partial charge in [-0.2, -0.15) is 0 Å². The summed E-state index contributed by atoms with van der Waals surface area (Å²) >= 11 is 3.24. The van der Waals surface area contributed by atoms with Crippen LogP contribution in [0.4, 0.5) is 10.2 Å². The number of rotatable bonds is 3. The molecule has 2 rings (SSSR count). The normalized spacial score (nSPS) is 10.9. The minimum absolute atomic E-state index is 0.322. The van der Waals surface area contributed by atoms with Crippen molar-refractivity contribution < 1.29 is 4.39 Å². The quantitative estimate of drug-likeness (QED) is 0.938. The molecule has 2 N–H and O–H groups in total. The lowest BCUT2D eigenvalue weighted by Crippen LogP contribution is -2.04. The third kappa shape index (κ3) is 2.27. The van der Waals surface area contributed by atoms with E-state index >= 15 is 0 Å². The van der Waals surface area contributed by atoms with Gasteiger partial charge in [0.05, 0.1) is 0 Å². The molecular formula is C13H15BrFN3. The summed E-state index contributed by atoms with van der Waals surface area (Å²) in [7, 11) is 0. The molecule has 0 spiro atoms. The Bertz CT molecular complexity index is 578. The first-order valence-electron chi connectivity index (χ1n) is 5.82. The van der Waals surface area contributed by atoms with Crippen LogP contribution >= 0.6 is 15.9 Å². The van der Waals surface area contributed by atoms with Crippen LogP contribution in [0, 0.1) is 12.7 Å². The average Bonchev–Trinajstić information content (AvgIpc) is 2.58. The molecule has 0 aliphatic heterocycles. The predicted molar refractivity (Wildman–Crippen MR) is 74.8 cm³/mol. The highest BCUT2D eigenvalue weighted by Gasteiger charge is 2.16. The number of aryl methyl sites for hydroxylation is 1. The van der Waals surface area contributed by atoms with Crippen LogP contribution in [-0.4, -0.2) is 9.55 Å². The Morgan fingerprint density at radius 3 is 2.78 bits per heavy atom. The molecule has 0 bridgehead atoms. The SMILES string of the molecule is CCCn1c(C)nc(-c2ccc(Br)cc2F)c1N. The van der Waals surface area contributed by atoms with E-state index in [9.17, 15) is 4.39 Å². The summed E-state index contributed by atoms with van der Waals surface area (Å²) in [5.74, 6) is 1.01. The molecule has 2 aromatic rings. The number of nitrogens with two attached hydrogens (primary N) is 1. The van der Waals surface area contributed by atoms with Crippen LogP contribution in [0.3, 0.4) is 0 Å². The van der Waals surface area contributed by atoms with Crippen LogP contribution in [-0.2, 0) is 6.54 Å². The van der Waals surface area contributed by atoms with E-state index in [-0.39, 0.29) is 5.82 Å². The Labute approximate surface area is 114 Å². The molecule has 0 saturated heterocycles. The summed E-state index contributed by atoms with van der Waals surface area (Å²) in [5, 5.41) is 0. The predicted octanol–water partition coefficient (Wildman–Crippen LogP) is 3.75. The monoisotopic (exact) mass is 311 g/mol. The van der Waals surface area contributed by atoms with Crippen LogP contribution in [0.15, 0.2) is 22.7 Å². The minimum Gasteiger partial charge on any atom is -0.383 e. The van der Waals surface area contributed by atoms with Gasteiger partial charge in [-0.3, -0.25) is 0 Å². The minimum atomic E-state index is -0.322. The Morgan fingerprint density at radius 1 is 1.44 bits per heavy atom. The van der Waals surface area contributed by atoms with Gasteiger partial charge in [0.2, 0.25) is 0 Å². The number of hydrogen-bond donors (Lipinski definition) is 1. The highest BCUT2D eigenvalue weighted by atomic mass is 79.9. The van der Waals surface area contributed by atoms with Crippen LogP contribution in [0.25, 0.3) is 11.3 Å². The fourth-order valence-corrected chi connectivity index (χ4v) is 2.30. The first-order valence-corrected chi connectivity index (χ1v) is 6.62. The zero-order valence-electron chi connectivity index (χ0n) is 10.4. The Balaban J connectivity index is 2.54. The van der Waals surface area contributed by atoms with Crippen molar-refractivity contribution in [2.75, 3.05) is 5.73 Å². The molecule has 1 aromatic heterocycles. The van der Waals surface area contributed by atoms with Crippen LogP contribution in [0.2, 0.25) is 0 Å². The second-order valence-corrected chi connectivity index (χ2v) is 5.08. The molecule has 18 heavy (non-hydrogen) atoms. The van der Waals surface area contributed by atoms with Gasteiger partial charge in [0.1, 0.15) is 23.2 Å². The fourth-order valence-electron chi connectivity index (χ4n) is 1.97. The summed E-state index contributed by atoms with van der Waals surface area (Å²) < 4.78 is 16.5. The average molecular weight is 312 g/mol. The van der Waals surface area contributed by atoms with Gasteiger partial charge in [-0.15, -0.1) is 0 Å². The van der Waals surface area contributed by atoms with Crippen molar-refractivity contribution in [2.45, 2.75) is 26.8 Å². The van der Waals surface area contributed by atoms with E-state index in [1.165, 1.54) is 6.07 Å². The third-order valence-electron chi connectivity index (χ3n) is 2.83. The molecule has 0 aliphatic rings. The molecule has 3 nitrogen and oxygen atoms in total. The van der Waals surface area contributed by atoms with E-state index in [0.717, 1.165) is 18.8 Å². The number of nitrogens with zero attached hydrogens (tertiary/aromatic N) is 2. The van der Waals surface area contributed by atoms with Crippen molar-refractivity contribution in [1.29, 1.82) is 0 Å². The third-order valence-corrected chi connectivity index (χ3v) is 3.32. The molecule has 5 heteroatoms. The van der Waals surface area contributed by atoms with Crippen molar-refractivity contribution in [3.05, 3.63) is 34.3 Å². The molecule has 1 aromatic carbocycles. The molecule has 0 radical (unpaired) electrons. The standard InChI is InChI=1S/C13H15BrFN3/c1-3-6-18-8(2)17-12(13(18)16)10-5-4-9(14)7-11(10)15/h4-5,7H,3,6,16H2,1-2H3. The second-order valence-electron chi connectivity index (χ2n) is 4.17. The summed E-state index contributed by atoms with van der Waals surface area (Å²) in [6.07, 6.45) is 0.962. The van der Waals surface area contributed by atoms with Crippen LogP contribution < -0.4 is 5.73 Å². The molecule has 0 fully saturated rings. The number of benzene rings is 1. The van der Waals surface area contributed by atoms with Crippen molar-refractivity contribution in [3.8, 4) is 11.3 Å².